The number of rotatable bonds is 13. The summed E-state index contributed by atoms with van der Waals surface area (Å²) in [7, 11) is 0. The fourth-order valence-electron chi connectivity index (χ4n) is 3.92. The van der Waals surface area contributed by atoms with Crippen LogP contribution in [0.1, 0.15) is 51.3 Å². The lowest BCUT2D eigenvalue weighted by Gasteiger charge is -2.34. The Morgan fingerprint density at radius 3 is 2.23 bits per heavy atom. The number of amides is 3. The van der Waals surface area contributed by atoms with E-state index in [9.17, 15) is 29.4 Å². The van der Waals surface area contributed by atoms with Crippen molar-refractivity contribution in [1.82, 2.24) is 15.5 Å². The zero-order valence-electron chi connectivity index (χ0n) is 23.4. The van der Waals surface area contributed by atoms with E-state index in [2.05, 4.69) is 10.6 Å². The second kappa shape index (κ2) is 15.5. The van der Waals surface area contributed by atoms with Crippen LogP contribution in [0.25, 0.3) is 0 Å². The molecule has 218 valence electrons. The van der Waals surface area contributed by atoms with Crippen molar-refractivity contribution in [3.8, 4) is 5.75 Å². The summed E-state index contributed by atoms with van der Waals surface area (Å²) in [5.74, 6) is -1.64. The molecule has 2 atom stereocenters. The molecule has 0 aliphatic heterocycles. The number of benzene rings is 2. The van der Waals surface area contributed by atoms with E-state index in [0.717, 1.165) is 0 Å². The highest BCUT2D eigenvalue weighted by Crippen LogP contribution is 2.23. The number of alkyl carbamates (subject to hydrolysis) is 1. The first-order chi connectivity index (χ1) is 18.9. The summed E-state index contributed by atoms with van der Waals surface area (Å²) >= 11 is 0. The lowest BCUT2D eigenvalue weighted by Crippen LogP contribution is -2.54. The number of carbonyl (C=O) groups is 4. The first kappa shape index (κ1) is 32.1. The third kappa shape index (κ3) is 10.6. The van der Waals surface area contributed by atoms with E-state index in [1.54, 1.807) is 70.2 Å². The maximum atomic E-state index is 14.0. The van der Waals surface area contributed by atoms with Crippen LogP contribution in [-0.4, -0.2) is 76.9 Å². The summed E-state index contributed by atoms with van der Waals surface area (Å²) in [6.45, 7) is 6.27. The quantitative estimate of drug-likeness (QED) is 0.274. The van der Waals surface area contributed by atoms with Gasteiger partial charge in [0, 0.05) is 19.5 Å². The van der Waals surface area contributed by atoms with Crippen molar-refractivity contribution in [2.75, 3.05) is 26.3 Å². The summed E-state index contributed by atoms with van der Waals surface area (Å²) in [5.41, 5.74) is 0.275. The van der Waals surface area contributed by atoms with Crippen molar-refractivity contribution in [3.63, 3.8) is 0 Å². The molecule has 0 saturated carbocycles. The molecule has 2 rings (SSSR count). The molecular formula is C29H39N3O8. The van der Waals surface area contributed by atoms with E-state index in [1.165, 1.54) is 17.0 Å². The Morgan fingerprint density at radius 2 is 1.65 bits per heavy atom. The van der Waals surface area contributed by atoms with Gasteiger partial charge in [0.2, 0.25) is 11.8 Å². The number of carbonyl (C=O) groups excluding carboxylic acids is 4. The average Bonchev–Trinajstić information content (AvgIpc) is 2.88. The zero-order chi connectivity index (χ0) is 29.7. The van der Waals surface area contributed by atoms with E-state index in [1.807, 2.05) is 0 Å². The number of aromatic hydroxyl groups is 1. The molecule has 2 aromatic carbocycles. The van der Waals surface area contributed by atoms with Crippen LogP contribution in [0.15, 0.2) is 54.6 Å². The lowest BCUT2D eigenvalue weighted by molar-refractivity contribution is -0.144. The fraction of sp³-hybridized carbons (Fsp3) is 0.448. The van der Waals surface area contributed by atoms with Gasteiger partial charge in [-0.1, -0.05) is 42.5 Å². The number of esters is 1. The Hall–Kier alpha value is -4.12. The predicted octanol–water partition coefficient (Wildman–Crippen LogP) is 2.46. The number of ether oxygens (including phenoxy) is 2. The minimum atomic E-state index is -1.18. The van der Waals surface area contributed by atoms with Crippen molar-refractivity contribution >= 4 is 23.9 Å². The minimum Gasteiger partial charge on any atom is -0.508 e. The van der Waals surface area contributed by atoms with Crippen LogP contribution in [0.5, 0.6) is 5.75 Å². The standard InChI is InChI=1S/C29H39N3O8/c1-5-39-24(35)15-16-30-26(36)25(21-9-7-6-8-10-21)32(17-18-33)27(37)23(31-28(38)40-29(2,3)4)19-20-11-13-22(34)14-12-20/h6-14,23,25,33-34H,5,15-19H2,1-4H3,(H,30,36)(H,31,38). The van der Waals surface area contributed by atoms with Crippen molar-refractivity contribution in [2.24, 2.45) is 0 Å². The Morgan fingerprint density at radius 1 is 1.00 bits per heavy atom. The molecule has 0 radical (unpaired) electrons. The molecule has 11 heteroatoms. The molecular weight excluding hydrogens is 518 g/mol. The number of nitrogens with zero attached hydrogens (tertiary/aromatic N) is 1. The fourth-order valence-corrected chi connectivity index (χ4v) is 3.92. The average molecular weight is 558 g/mol. The van der Waals surface area contributed by atoms with Gasteiger partial charge in [0.15, 0.2) is 0 Å². The first-order valence-electron chi connectivity index (χ1n) is 13.1. The van der Waals surface area contributed by atoms with Crippen molar-refractivity contribution < 1.29 is 38.9 Å². The van der Waals surface area contributed by atoms with E-state index in [0.29, 0.717) is 11.1 Å². The minimum absolute atomic E-state index is 0.0186. The van der Waals surface area contributed by atoms with Gasteiger partial charge in [-0.3, -0.25) is 14.4 Å². The lowest BCUT2D eigenvalue weighted by atomic mass is 10.00. The van der Waals surface area contributed by atoms with Gasteiger partial charge in [-0.05, 0) is 51.0 Å². The first-order valence-corrected chi connectivity index (χ1v) is 13.1. The summed E-state index contributed by atoms with van der Waals surface area (Å²) in [6.07, 6.45) is -0.867. The van der Waals surface area contributed by atoms with Gasteiger partial charge in [0.05, 0.1) is 19.6 Å². The molecule has 0 fully saturated rings. The maximum absolute atomic E-state index is 14.0. The van der Waals surface area contributed by atoms with Crippen LogP contribution in [0.4, 0.5) is 4.79 Å². The maximum Gasteiger partial charge on any atom is 0.408 e. The summed E-state index contributed by atoms with van der Waals surface area (Å²) < 4.78 is 10.3. The van der Waals surface area contributed by atoms with E-state index >= 15 is 0 Å². The molecule has 0 bridgehead atoms. The van der Waals surface area contributed by atoms with Crippen LogP contribution in [-0.2, 0) is 30.3 Å². The van der Waals surface area contributed by atoms with E-state index < -0.39 is 48.2 Å². The molecule has 11 nitrogen and oxygen atoms in total. The van der Waals surface area contributed by atoms with Crippen LogP contribution in [0.2, 0.25) is 0 Å². The molecule has 2 unspecified atom stereocenters. The summed E-state index contributed by atoms with van der Waals surface area (Å²) in [6, 6.07) is 12.3. The van der Waals surface area contributed by atoms with Crippen LogP contribution in [0, 0.1) is 0 Å². The van der Waals surface area contributed by atoms with Gasteiger partial charge < -0.3 is 35.2 Å². The third-order valence-corrected chi connectivity index (χ3v) is 5.60. The summed E-state index contributed by atoms with van der Waals surface area (Å²) in [4.78, 5) is 53.1. The van der Waals surface area contributed by atoms with Crippen molar-refractivity contribution in [1.29, 1.82) is 0 Å². The molecule has 40 heavy (non-hydrogen) atoms. The van der Waals surface area contributed by atoms with Gasteiger partial charge in [-0.25, -0.2) is 4.79 Å². The van der Waals surface area contributed by atoms with Gasteiger partial charge in [0.1, 0.15) is 23.4 Å². The molecule has 0 aromatic heterocycles. The van der Waals surface area contributed by atoms with Crippen LogP contribution in [0.3, 0.4) is 0 Å². The predicted molar refractivity (Wildman–Crippen MR) is 147 cm³/mol. The smallest absolute Gasteiger partial charge is 0.408 e. The van der Waals surface area contributed by atoms with Crippen molar-refractivity contribution in [2.45, 2.75) is 58.2 Å². The molecule has 2 aromatic rings. The highest BCUT2D eigenvalue weighted by Gasteiger charge is 2.36. The molecule has 0 aliphatic carbocycles. The zero-order valence-corrected chi connectivity index (χ0v) is 23.4. The number of hydrogen-bond donors (Lipinski definition) is 4. The van der Waals surface area contributed by atoms with Gasteiger partial charge in [-0.15, -0.1) is 0 Å². The van der Waals surface area contributed by atoms with Crippen molar-refractivity contribution in [3.05, 3.63) is 65.7 Å². The van der Waals surface area contributed by atoms with Gasteiger partial charge >= 0.3 is 12.1 Å². The molecule has 0 aliphatic rings. The Kier molecular flexibility index (Phi) is 12.4. The molecule has 3 amide bonds. The normalized spacial score (nSPS) is 12.5. The van der Waals surface area contributed by atoms with Crippen LogP contribution >= 0.6 is 0 Å². The number of nitrogens with one attached hydrogen (secondary N) is 2. The van der Waals surface area contributed by atoms with E-state index in [4.69, 9.17) is 9.47 Å². The number of aliphatic hydroxyl groups excluding tert-OH is 1. The number of aliphatic hydroxyl groups is 1. The number of phenolic OH excluding ortho intramolecular Hbond substituents is 1. The molecule has 0 spiro atoms. The molecule has 0 heterocycles. The van der Waals surface area contributed by atoms with Crippen LogP contribution < -0.4 is 10.6 Å². The largest absolute Gasteiger partial charge is 0.508 e. The topological polar surface area (TPSA) is 154 Å². The Bertz CT molecular complexity index is 1120. The number of hydrogen-bond acceptors (Lipinski definition) is 8. The second-order valence-electron chi connectivity index (χ2n) is 9.98. The Labute approximate surface area is 234 Å². The SMILES string of the molecule is CCOC(=O)CCNC(=O)C(c1ccccc1)N(CCO)C(=O)C(Cc1ccc(O)cc1)NC(=O)OC(C)(C)C. The monoisotopic (exact) mass is 557 g/mol. The summed E-state index contributed by atoms with van der Waals surface area (Å²) in [5, 5.41) is 24.8. The van der Waals surface area contributed by atoms with E-state index in [-0.39, 0.29) is 38.3 Å². The highest BCUT2D eigenvalue weighted by molar-refractivity contribution is 5.92. The third-order valence-electron chi connectivity index (χ3n) is 5.60. The highest BCUT2D eigenvalue weighted by atomic mass is 16.6. The van der Waals surface area contributed by atoms with Gasteiger partial charge in [0.25, 0.3) is 0 Å². The Balaban J connectivity index is 2.42. The number of phenols is 1. The molecule has 4 N–H and O–H groups in total. The molecule has 0 saturated heterocycles. The second-order valence-corrected chi connectivity index (χ2v) is 9.98. The van der Waals surface area contributed by atoms with Gasteiger partial charge in [-0.2, -0.15) is 0 Å².